The average Bonchev–Trinajstić information content (AvgIpc) is 3.40. The fourth-order valence-corrected chi connectivity index (χ4v) is 10.0. The molecule has 74 heavy (non-hydrogen) atoms. The second kappa shape index (κ2) is 63.4. The Labute approximate surface area is 461 Å². The second-order valence-electron chi connectivity index (χ2n) is 22.4. The molecule has 2 atom stereocenters. The van der Waals surface area contributed by atoms with Gasteiger partial charge in [-0.3, -0.25) is 9.59 Å². The standard InChI is InChI=1S/C68H127NO5/c1-3-5-7-9-11-13-15-17-32-36-40-44-48-52-56-60-66(71)65(64-70)69-67(72)61-57-53-49-45-41-37-34-30-28-26-24-22-20-19-21-23-25-27-29-31-35-39-43-47-51-55-59-63-74-68(73)62-58-54-50-46-42-38-33-18-16-14-12-10-8-6-4-2/h12,14,18-20,33,56,60,65-66,70-71H,3-11,13,15-17,21-32,34-55,57-59,61-64H2,1-2H3,(H,69,72)/b14-12-,20-19-,33-18-,60-56+. The van der Waals surface area contributed by atoms with Crippen molar-refractivity contribution in [3.63, 3.8) is 0 Å². The van der Waals surface area contributed by atoms with E-state index in [0.29, 0.717) is 19.4 Å². The van der Waals surface area contributed by atoms with Gasteiger partial charge in [0.15, 0.2) is 0 Å². The number of aliphatic hydroxyl groups is 2. The van der Waals surface area contributed by atoms with Crippen LogP contribution in [-0.4, -0.2) is 47.4 Å². The van der Waals surface area contributed by atoms with E-state index in [-0.39, 0.29) is 18.5 Å². The molecular formula is C68H127NO5. The number of carbonyl (C=O) groups is 2. The van der Waals surface area contributed by atoms with E-state index in [9.17, 15) is 19.8 Å². The Morgan fingerprint density at radius 3 is 1.07 bits per heavy atom. The van der Waals surface area contributed by atoms with Gasteiger partial charge in [0.1, 0.15) is 0 Å². The Balaban J connectivity index is 3.41. The molecule has 0 spiro atoms. The number of ether oxygens (including phenoxy) is 1. The van der Waals surface area contributed by atoms with Crippen molar-refractivity contribution in [1.29, 1.82) is 0 Å². The van der Waals surface area contributed by atoms with Crippen LogP contribution in [0.2, 0.25) is 0 Å². The average molecular weight is 1040 g/mol. The minimum absolute atomic E-state index is 0.000524. The zero-order chi connectivity index (χ0) is 53.6. The molecule has 0 aliphatic rings. The van der Waals surface area contributed by atoms with Gasteiger partial charge in [-0.2, -0.15) is 0 Å². The Morgan fingerprint density at radius 1 is 0.378 bits per heavy atom. The Kier molecular flexibility index (Phi) is 61.5. The molecule has 0 saturated heterocycles. The SMILES string of the molecule is CCCCC/C=C\C/C=C\CCCCCCCC(=O)OCCCCCCCCCCCCCC/C=C\CCCCCCCCCCCCCC(=O)NC(CO)C(O)/C=C/CCCCCCCCCCCCCCC. The summed E-state index contributed by atoms with van der Waals surface area (Å²) in [4.78, 5) is 24.5. The molecule has 0 radical (unpaired) electrons. The van der Waals surface area contributed by atoms with Crippen LogP contribution in [0.5, 0.6) is 0 Å². The van der Waals surface area contributed by atoms with E-state index in [1.807, 2.05) is 6.08 Å². The number of allylic oxidation sites excluding steroid dienone is 7. The van der Waals surface area contributed by atoms with Crippen molar-refractivity contribution in [3.8, 4) is 0 Å². The van der Waals surface area contributed by atoms with Crippen LogP contribution in [-0.2, 0) is 14.3 Å². The van der Waals surface area contributed by atoms with E-state index in [4.69, 9.17) is 4.74 Å². The highest BCUT2D eigenvalue weighted by molar-refractivity contribution is 5.76. The molecule has 0 aromatic rings. The molecule has 434 valence electrons. The summed E-state index contributed by atoms with van der Waals surface area (Å²) in [5.41, 5.74) is 0. The van der Waals surface area contributed by atoms with Crippen molar-refractivity contribution in [3.05, 3.63) is 48.6 Å². The van der Waals surface area contributed by atoms with E-state index in [2.05, 4.69) is 55.6 Å². The largest absolute Gasteiger partial charge is 0.466 e. The molecule has 2 unspecified atom stereocenters. The van der Waals surface area contributed by atoms with Gasteiger partial charge in [0.2, 0.25) is 5.91 Å². The first-order chi connectivity index (χ1) is 36.5. The number of amides is 1. The second-order valence-corrected chi connectivity index (χ2v) is 22.4. The normalized spacial score (nSPS) is 12.9. The van der Waals surface area contributed by atoms with Gasteiger partial charge in [-0.05, 0) is 89.9 Å². The van der Waals surface area contributed by atoms with E-state index in [1.54, 1.807) is 6.08 Å². The summed E-state index contributed by atoms with van der Waals surface area (Å²) in [6, 6.07) is -0.629. The topological polar surface area (TPSA) is 95.9 Å². The fraction of sp³-hybridized carbons (Fsp3) is 0.853. The van der Waals surface area contributed by atoms with E-state index >= 15 is 0 Å². The maximum atomic E-state index is 12.5. The number of carbonyl (C=O) groups excluding carboxylic acids is 2. The quantitative estimate of drug-likeness (QED) is 0.0320. The van der Waals surface area contributed by atoms with Gasteiger partial charge in [0.25, 0.3) is 0 Å². The zero-order valence-electron chi connectivity index (χ0n) is 49.6. The maximum Gasteiger partial charge on any atom is 0.305 e. The summed E-state index contributed by atoms with van der Waals surface area (Å²) in [7, 11) is 0. The molecule has 0 aliphatic heterocycles. The van der Waals surface area contributed by atoms with Gasteiger partial charge in [0.05, 0.1) is 25.4 Å². The highest BCUT2D eigenvalue weighted by Crippen LogP contribution is 2.17. The van der Waals surface area contributed by atoms with Crippen molar-refractivity contribution in [2.75, 3.05) is 13.2 Å². The van der Waals surface area contributed by atoms with Gasteiger partial charge < -0.3 is 20.3 Å². The molecule has 0 aliphatic carbocycles. The number of esters is 1. The van der Waals surface area contributed by atoms with Crippen molar-refractivity contribution < 1.29 is 24.5 Å². The van der Waals surface area contributed by atoms with E-state index in [1.165, 1.54) is 270 Å². The minimum Gasteiger partial charge on any atom is -0.466 e. The Bertz CT molecular complexity index is 1240. The van der Waals surface area contributed by atoms with Gasteiger partial charge >= 0.3 is 5.97 Å². The van der Waals surface area contributed by atoms with Crippen molar-refractivity contribution >= 4 is 11.9 Å². The smallest absolute Gasteiger partial charge is 0.305 e. The Morgan fingerprint density at radius 2 is 0.676 bits per heavy atom. The number of nitrogens with one attached hydrogen (secondary N) is 1. The van der Waals surface area contributed by atoms with Crippen molar-refractivity contribution in [2.45, 2.75) is 360 Å². The van der Waals surface area contributed by atoms with Crippen LogP contribution in [0.4, 0.5) is 0 Å². The van der Waals surface area contributed by atoms with Crippen LogP contribution >= 0.6 is 0 Å². The minimum atomic E-state index is -0.845. The number of hydrogen-bond acceptors (Lipinski definition) is 5. The molecule has 6 nitrogen and oxygen atoms in total. The third-order valence-electron chi connectivity index (χ3n) is 15.1. The third kappa shape index (κ3) is 59.1. The molecule has 0 rings (SSSR count). The first-order valence-corrected chi connectivity index (χ1v) is 32.9. The molecule has 0 aromatic heterocycles. The lowest BCUT2D eigenvalue weighted by Gasteiger charge is -2.20. The molecule has 0 heterocycles. The molecule has 0 saturated carbocycles. The van der Waals surface area contributed by atoms with Crippen LogP contribution in [0, 0.1) is 0 Å². The Hall–Kier alpha value is -2.18. The summed E-state index contributed by atoms with van der Waals surface area (Å²) >= 11 is 0. The van der Waals surface area contributed by atoms with Crippen molar-refractivity contribution in [1.82, 2.24) is 5.32 Å². The van der Waals surface area contributed by atoms with Crippen LogP contribution in [0.3, 0.4) is 0 Å². The first kappa shape index (κ1) is 71.8. The van der Waals surface area contributed by atoms with Crippen LogP contribution in [0.15, 0.2) is 48.6 Å². The highest BCUT2D eigenvalue weighted by atomic mass is 16.5. The van der Waals surface area contributed by atoms with Crippen molar-refractivity contribution in [2.24, 2.45) is 0 Å². The number of rotatable bonds is 61. The summed E-state index contributed by atoms with van der Waals surface area (Å²) in [5.74, 6) is -0.0673. The zero-order valence-corrected chi connectivity index (χ0v) is 49.6. The predicted molar refractivity (Wildman–Crippen MR) is 324 cm³/mol. The molecule has 6 heteroatoms. The maximum absolute atomic E-state index is 12.5. The first-order valence-electron chi connectivity index (χ1n) is 32.9. The van der Waals surface area contributed by atoms with Gasteiger partial charge in [-0.25, -0.2) is 0 Å². The monoisotopic (exact) mass is 1040 g/mol. The highest BCUT2D eigenvalue weighted by Gasteiger charge is 2.18. The van der Waals surface area contributed by atoms with E-state index < -0.39 is 12.1 Å². The van der Waals surface area contributed by atoms with Crippen LogP contribution in [0.1, 0.15) is 348 Å². The lowest BCUT2D eigenvalue weighted by molar-refractivity contribution is -0.143. The van der Waals surface area contributed by atoms with Crippen LogP contribution in [0.25, 0.3) is 0 Å². The predicted octanol–water partition coefficient (Wildman–Crippen LogP) is 20.9. The lowest BCUT2D eigenvalue weighted by atomic mass is 10.0. The molecule has 0 aromatic carbocycles. The summed E-state index contributed by atoms with van der Waals surface area (Å²) in [6.45, 7) is 4.88. The number of unbranched alkanes of at least 4 members (excludes halogenated alkanes) is 44. The molecule has 0 bridgehead atoms. The van der Waals surface area contributed by atoms with Gasteiger partial charge in [0, 0.05) is 12.8 Å². The molecular weight excluding hydrogens is 911 g/mol. The number of hydrogen-bond donors (Lipinski definition) is 3. The summed E-state index contributed by atoms with van der Waals surface area (Å²) in [5, 5.41) is 23.1. The van der Waals surface area contributed by atoms with Gasteiger partial charge in [-0.1, -0.05) is 294 Å². The molecule has 0 fully saturated rings. The molecule has 3 N–H and O–H groups in total. The third-order valence-corrected chi connectivity index (χ3v) is 15.1. The lowest BCUT2D eigenvalue weighted by Crippen LogP contribution is -2.45. The fourth-order valence-electron chi connectivity index (χ4n) is 10.0. The summed E-state index contributed by atoms with van der Waals surface area (Å²) in [6.07, 6.45) is 81.7. The summed E-state index contributed by atoms with van der Waals surface area (Å²) < 4.78 is 5.48. The van der Waals surface area contributed by atoms with E-state index in [0.717, 1.165) is 51.4 Å². The number of aliphatic hydroxyl groups excluding tert-OH is 2. The van der Waals surface area contributed by atoms with Gasteiger partial charge in [-0.15, -0.1) is 0 Å². The molecule has 1 amide bonds. The van der Waals surface area contributed by atoms with Crippen LogP contribution < -0.4 is 5.32 Å².